The van der Waals surface area contributed by atoms with Crippen LogP contribution in [-0.4, -0.2) is 40.1 Å². The molecule has 1 heterocycles. The van der Waals surface area contributed by atoms with E-state index in [9.17, 15) is 9.59 Å². The molecule has 6 nitrogen and oxygen atoms in total. The van der Waals surface area contributed by atoms with E-state index in [-0.39, 0.29) is 11.8 Å². The van der Waals surface area contributed by atoms with E-state index in [2.05, 4.69) is 10.4 Å². The summed E-state index contributed by atoms with van der Waals surface area (Å²) in [5, 5.41) is 7.05. The number of hydrogen-bond acceptors (Lipinski definition) is 3. The molecular formula is C20H20N4O2. The molecule has 0 radical (unpaired) electrons. The highest BCUT2D eigenvalue weighted by atomic mass is 16.2. The third kappa shape index (κ3) is 3.80. The molecule has 1 N–H and O–H groups in total. The Labute approximate surface area is 152 Å². The van der Waals surface area contributed by atoms with Crippen molar-refractivity contribution in [2.45, 2.75) is 6.92 Å². The van der Waals surface area contributed by atoms with Crippen LogP contribution in [0, 0.1) is 0 Å². The van der Waals surface area contributed by atoms with Crippen LogP contribution >= 0.6 is 0 Å². The molecule has 2 amide bonds. The SMILES string of the molecule is CCN(C)C(=O)c1cccc(C(=O)Nc2cccc(-n3cccn3)c2)c1. The topological polar surface area (TPSA) is 67.2 Å². The zero-order chi connectivity index (χ0) is 18.5. The Morgan fingerprint density at radius 3 is 2.58 bits per heavy atom. The minimum absolute atomic E-state index is 0.108. The first-order chi connectivity index (χ1) is 12.6. The molecule has 3 aromatic rings. The smallest absolute Gasteiger partial charge is 0.255 e. The van der Waals surface area contributed by atoms with Gasteiger partial charge in [0.2, 0.25) is 0 Å². The van der Waals surface area contributed by atoms with Gasteiger partial charge in [0.05, 0.1) is 5.69 Å². The monoisotopic (exact) mass is 348 g/mol. The summed E-state index contributed by atoms with van der Waals surface area (Å²) in [6, 6.07) is 16.0. The molecule has 0 fully saturated rings. The standard InChI is InChI=1S/C20H20N4O2/c1-3-23(2)20(26)16-8-4-7-15(13-16)19(25)22-17-9-5-10-18(14-17)24-12-6-11-21-24/h4-14H,3H2,1-2H3,(H,22,25). The fourth-order valence-corrected chi connectivity index (χ4v) is 2.51. The van der Waals surface area contributed by atoms with Crippen LogP contribution < -0.4 is 5.32 Å². The van der Waals surface area contributed by atoms with Gasteiger partial charge in [-0.25, -0.2) is 4.68 Å². The normalized spacial score (nSPS) is 10.4. The molecule has 0 unspecified atom stereocenters. The minimum Gasteiger partial charge on any atom is -0.342 e. The largest absolute Gasteiger partial charge is 0.342 e. The van der Waals surface area contributed by atoms with E-state index in [1.54, 1.807) is 47.1 Å². The maximum absolute atomic E-state index is 12.6. The highest BCUT2D eigenvalue weighted by molar-refractivity contribution is 6.06. The van der Waals surface area contributed by atoms with Crippen LogP contribution in [0.3, 0.4) is 0 Å². The maximum Gasteiger partial charge on any atom is 0.255 e. The Bertz CT molecular complexity index is 919. The summed E-state index contributed by atoms with van der Waals surface area (Å²) < 4.78 is 1.72. The molecule has 0 spiro atoms. The molecular weight excluding hydrogens is 328 g/mol. The quantitative estimate of drug-likeness (QED) is 0.770. The van der Waals surface area contributed by atoms with Crippen LogP contribution in [-0.2, 0) is 0 Å². The van der Waals surface area contributed by atoms with Gasteiger partial charge >= 0.3 is 0 Å². The molecule has 1 aromatic heterocycles. The molecule has 2 aromatic carbocycles. The van der Waals surface area contributed by atoms with Crippen molar-refractivity contribution in [3.8, 4) is 5.69 Å². The van der Waals surface area contributed by atoms with Crippen molar-refractivity contribution in [1.29, 1.82) is 0 Å². The Morgan fingerprint density at radius 2 is 1.85 bits per heavy atom. The number of rotatable bonds is 5. The van der Waals surface area contributed by atoms with Crippen molar-refractivity contribution in [3.05, 3.63) is 78.1 Å². The first kappa shape index (κ1) is 17.4. The molecule has 6 heteroatoms. The number of hydrogen-bond donors (Lipinski definition) is 1. The van der Waals surface area contributed by atoms with Gasteiger partial charge in [-0.15, -0.1) is 0 Å². The number of benzene rings is 2. The molecule has 3 rings (SSSR count). The number of nitrogens with zero attached hydrogens (tertiary/aromatic N) is 3. The molecule has 0 aliphatic carbocycles. The van der Waals surface area contributed by atoms with E-state index >= 15 is 0 Å². The third-order valence-electron chi connectivity index (χ3n) is 4.07. The van der Waals surface area contributed by atoms with Crippen molar-refractivity contribution in [2.24, 2.45) is 0 Å². The van der Waals surface area contributed by atoms with Crippen LogP contribution in [0.4, 0.5) is 5.69 Å². The summed E-state index contributed by atoms with van der Waals surface area (Å²) in [4.78, 5) is 26.4. The zero-order valence-corrected chi connectivity index (χ0v) is 14.7. The van der Waals surface area contributed by atoms with Crippen molar-refractivity contribution in [2.75, 3.05) is 18.9 Å². The van der Waals surface area contributed by atoms with Gasteiger partial charge in [-0.2, -0.15) is 5.10 Å². The van der Waals surface area contributed by atoms with Crippen molar-refractivity contribution >= 4 is 17.5 Å². The highest BCUT2D eigenvalue weighted by Gasteiger charge is 2.13. The van der Waals surface area contributed by atoms with E-state index in [0.717, 1.165) is 5.69 Å². The fraction of sp³-hybridized carbons (Fsp3) is 0.150. The molecule has 0 saturated heterocycles. The summed E-state index contributed by atoms with van der Waals surface area (Å²) in [5.74, 6) is -0.376. The number of aromatic nitrogens is 2. The van der Waals surface area contributed by atoms with Crippen LogP contribution in [0.1, 0.15) is 27.6 Å². The summed E-state index contributed by atoms with van der Waals surface area (Å²) in [5.41, 5.74) is 2.43. The first-order valence-electron chi connectivity index (χ1n) is 8.35. The second-order valence-corrected chi connectivity index (χ2v) is 5.86. The third-order valence-corrected chi connectivity index (χ3v) is 4.07. The highest BCUT2D eigenvalue weighted by Crippen LogP contribution is 2.16. The lowest BCUT2D eigenvalue weighted by Gasteiger charge is -2.15. The molecule has 26 heavy (non-hydrogen) atoms. The number of nitrogens with one attached hydrogen (secondary N) is 1. The number of anilines is 1. The maximum atomic E-state index is 12.6. The fourth-order valence-electron chi connectivity index (χ4n) is 2.51. The van der Waals surface area contributed by atoms with Gasteiger partial charge in [0.25, 0.3) is 11.8 Å². The van der Waals surface area contributed by atoms with Gasteiger partial charge in [-0.1, -0.05) is 12.1 Å². The minimum atomic E-state index is -0.267. The lowest BCUT2D eigenvalue weighted by Crippen LogP contribution is -2.26. The predicted molar refractivity (Wildman–Crippen MR) is 101 cm³/mol. The zero-order valence-electron chi connectivity index (χ0n) is 14.7. The van der Waals surface area contributed by atoms with E-state index in [1.807, 2.05) is 43.5 Å². The average molecular weight is 348 g/mol. The second-order valence-electron chi connectivity index (χ2n) is 5.86. The molecule has 0 atom stereocenters. The molecule has 0 bridgehead atoms. The van der Waals surface area contributed by atoms with Gasteiger partial charge in [0, 0.05) is 42.8 Å². The number of carbonyl (C=O) groups is 2. The molecule has 132 valence electrons. The van der Waals surface area contributed by atoms with Gasteiger partial charge in [0.15, 0.2) is 0 Å². The van der Waals surface area contributed by atoms with E-state index in [4.69, 9.17) is 0 Å². The van der Waals surface area contributed by atoms with Gasteiger partial charge in [-0.05, 0) is 49.4 Å². The lowest BCUT2D eigenvalue weighted by atomic mass is 10.1. The predicted octanol–water partition coefficient (Wildman–Crippen LogP) is 3.22. The van der Waals surface area contributed by atoms with Crippen LogP contribution in [0.15, 0.2) is 67.0 Å². The summed E-state index contributed by atoms with van der Waals surface area (Å²) in [6.07, 6.45) is 3.53. The van der Waals surface area contributed by atoms with Crippen LogP contribution in [0.2, 0.25) is 0 Å². The Balaban J connectivity index is 1.78. The van der Waals surface area contributed by atoms with E-state index in [0.29, 0.717) is 23.4 Å². The molecule has 0 saturated carbocycles. The number of amides is 2. The van der Waals surface area contributed by atoms with Gasteiger partial charge < -0.3 is 10.2 Å². The van der Waals surface area contributed by atoms with Gasteiger partial charge in [0.1, 0.15) is 0 Å². The Hall–Kier alpha value is -3.41. The van der Waals surface area contributed by atoms with E-state index in [1.165, 1.54) is 0 Å². The Morgan fingerprint density at radius 1 is 1.08 bits per heavy atom. The summed E-state index contributed by atoms with van der Waals surface area (Å²) >= 11 is 0. The number of carbonyl (C=O) groups excluding carboxylic acids is 2. The van der Waals surface area contributed by atoms with Gasteiger partial charge in [-0.3, -0.25) is 9.59 Å². The first-order valence-corrected chi connectivity index (χ1v) is 8.35. The van der Waals surface area contributed by atoms with Crippen molar-refractivity contribution in [1.82, 2.24) is 14.7 Å². The average Bonchev–Trinajstić information content (AvgIpc) is 3.22. The Kier molecular flexibility index (Phi) is 5.12. The molecule has 0 aliphatic rings. The van der Waals surface area contributed by atoms with Crippen LogP contribution in [0.25, 0.3) is 5.69 Å². The van der Waals surface area contributed by atoms with Crippen molar-refractivity contribution < 1.29 is 9.59 Å². The second kappa shape index (κ2) is 7.65. The molecule has 0 aliphatic heterocycles. The summed E-state index contributed by atoms with van der Waals surface area (Å²) in [6.45, 7) is 2.51. The van der Waals surface area contributed by atoms with E-state index < -0.39 is 0 Å². The summed E-state index contributed by atoms with van der Waals surface area (Å²) in [7, 11) is 1.73. The van der Waals surface area contributed by atoms with Crippen LogP contribution in [0.5, 0.6) is 0 Å². The lowest BCUT2D eigenvalue weighted by molar-refractivity contribution is 0.0802. The van der Waals surface area contributed by atoms with Crippen molar-refractivity contribution in [3.63, 3.8) is 0 Å².